The minimum absolute atomic E-state index is 0. The summed E-state index contributed by atoms with van der Waals surface area (Å²) < 4.78 is 0. The number of nitrogens with zero attached hydrogens (tertiary/aromatic N) is 2. The number of hydrogen-bond acceptors (Lipinski definition) is 3. The Balaban J connectivity index is 0.000000260. The molecule has 1 aliphatic carbocycles. The first-order valence-corrected chi connectivity index (χ1v) is 11.5. The number of aromatic carboxylic acids is 1. The molecule has 2 heterocycles. The van der Waals surface area contributed by atoms with Gasteiger partial charge in [-0.05, 0) is 51.6 Å². The third-order valence-electron chi connectivity index (χ3n) is 6.18. The molecule has 0 saturated carbocycles. The van der Waals surface area contributed by atoms with Crippen LogP contribution in [0.4, 0.5) is 0 Å². The molecule has 4 nitrogen and oxygen atoms in total. The van der Waals surface area contributed by atoms with Crippen LogP contribution in [0.5, 0.6) is 0 Å². The number of benzene rings is 3. The summed E-state index contributed by atoms with van der Waals surface area (Å²) in [5.41, 5.74) is 9.77. The topological polar surface area (TPSA) is 63.1 Å². The molecule has 5 heteroatoms. The maximum Gasteiger partial charge on any atom is 0.354 e. The van der Waals surface area contributed by atoms with Gasteiger partial charge in [0, 0.05) is 31.7 Å². The molecule has 0 amide bonds. The maximum absolute atomic E-state index is 10.1. The predicted octanol–water partition coefficient (Wildman–Crippen LogP) is 7.42. The van der Waals surface area contributed by atoms with Crippen LogP contribution in [0.2, 0.25) is 0 Å². The van der Waals surface area contributed by atoms with Gasteiger partial charge in [0.2, 0.25) is 0 Å². The Labute approximate surface area is 224 Å². The normalized spacial score (nSPS) is 11.2. The third-order valence-corrected chi connectivity index (χ3v) is 6.18. The van der Waals surface area contributed by atoms with Gasteiger partial charge in [-0.2, -0.15) is 0 Å². The largest absolute Gasteiger partial charge is 0.477 e. The fraction of sp³-hybridized carbons (Fsp3) is 0.129. The zero-order chi connectivity index (χ0) is 24.6. The van der Waals surface area contributed by atoms with E-state index in [9.17, 15) is 4.79 Å². The summed E-state index contributed by atoms with van der Waals surface area (Å²) in [5, 5.41) is 9.59. The van der Waals surface area contributed by atoms with Crippen LogP contribution < -0.4 is 0 Å². The summed E-state index contributed by atoms with van der Waals surface area (Å²) in [6, 6.07) is 31.9. The van der Waals surface area contributed by atoms with Crippen LogP contribution in [0.25, 0.3) is 44.4 Å². The summed E-state index contributed by atoms with van der Waals surface area (Å²) in [7, 11) is 0. The Hall–Kier alpha value is -3.66. The van der Waals surface area contributed by atoms with Crippen molar-refractivity contribution in [1.29, 1.82) is 0 Å². The first-order chi connectivity index (χ1) is 16.8. The number of pyridine rings is 2. The van der Waals surface area contributed by atoms with Gasteiger partial charge in [-0.15, -0.1) is 35.4 Å². The quantitative estimate of drug-likeness (QED) is 0.198. The van der Waals surface area contributed by atoms with Crippen molar-refractivity contribution < 1.29 is 30.0 Å². The molecule has 181 valence electrons. The number of rotatable bonds is 2. The van der Waals surface area contributed by atoms with Crippen LogP contribution in [0.3, 0.4) is 0 Å². The molecule has 0 saturated heterocycles. The van der Waals surface area contributed by atoms with Crippen LogP contribution in [-0.4, -0.2) is 21.0 Å². The van der Waals surface area contributed by atoms with Crippen LogP contribution in [0.15, 0.2) is 91.1 Å². The van der Waals surface area contributed by atoms with Gasteiger partial charge < -0.3 is 5.11 Å². The Morgan fingerprint density at radius 3 is 2.11 bits per heavy atom. The second-order valence-electron chi connectivity index (χ2n) is 9.56. The Morgan fingerprint density at radius 1 is 0.833 bits per heavy atom. The Kier molecular flexibility index (Phi) is 7.16. The second kappa shape index (κ2) is 10.1. The minimum Gasteiger partial charge on any atom is -0.477 e. The number of carbonyl (C=O) groups is 1. The van der Waals surface area contributed by atoms with E-state index in [2.05, 4.69) is 98.6 Å². The summed E-state index contributed by atoms with van der Waals surface area (Å²) in [6.45, 7) is 6.68. The molecular formula is C31H25IrN2O2-. The van der Waals surface area contributed by atoms with Gasteiger partial charge in [0.1, 0.15) is 5.69 Å². The summed E-state index contributed by atoms with van der Waals surface area (Å²) in [4.78, 5) is 18.7. The van der Waals surface area contributed by atoms with Crippen molar-refractivity contribution >= 4 is 16.9 Å². The molecule has 0 atom stereocenters. The van der Waals surface area contributed by atoms with Crippen molar-refractivity contribution in [3.8, 4) is 33.5 Å². The molecule has 0 aliphatic heterocycles. The van der Waals surface area contributed by atoms with E-state index >= 15 is 0 Å². The average Bonchev–Trinajstić information content (AvgIpc) is 3.20. The number of carboxylic acid groups (broad SMARTS) is 1. The summed E-state index contributed by atoms with van der Waals surface area (Å²) >= 11 is 0. The molecule has 1 radical (unpaired) electrons. The molecule has 6 rings (SSSR count). The fourth-order valence-electron chi connectivity index (χ4n) is 4.35. The number of aromatic nitrogens is 2. The fourth-order valence-corrected chi connectivity index (χ4v) is 4.35. The standard InChI is InChI=1S/C25H20N.C6H5NO2.Ir/c1-25(2,3)17-13-11-16(12-14-17)23-15-21-19-8-5-4-7-18(19)20-9-6-10-22(26-23)24(20)21;8-6(9)5-3-1-2-4-7-5;/h4-11,13-15H,1-3H3;1-4H,(H,8,9);/q-1;;. The van der Waals surface area contributed by atoms with E-state index in [-0.39, 0.29) is 31.2 Å². The van der Waals surface area contributed by atoms with E-state index in [4.69, 9.17) is 10.1 Å². The Morgan fingerprint density at radius 2 is 1.53 bits per heavy atom. The van der Waals surface area contributed by atoms with Gasteiger partial charge >= 0.3 is 5.97 Å². The maximum atomic E-state index is 10.1. The monoisotopic (exact) mass is 650 g/mol. The third kappa shape index (κ3) is 4.86. The van der Waals surface area contributed by atoms with Crippen LogP contribution in [0.1, 0.15) is 36.8 Å². The summed E-state index contributed by atoms with van der Waals surface area (Å²) in [6.07, 6.45) is 1.45. The van der Waals surface area contributed by atoms with E-state index < -0.39 is 5.97 Å². The Bertz CT molecular complexity index is 1540. The molecule has 0 spiro atoms. The molecule has 3 aromatic carbocycles. The molecule has 2 aromatic heterocycles. The first kappa shape index (κ1) is 25.4. The predicted molar refractivity (Wildman–Crippen MR) is 140 cm³/mol. The summed E-state index contributed by atoms with van der Waals surface area (Å²) in [5.74, 6) is -0.990. The van der Waals surface area contributed by atoms with E-state index in [1.54, 1.807) is 12.1 Å². The van der Waals surface area contributed by atoms with Crippen molar-refractivity contribution in [2.24, 2.45) is 0 Å². The van der Waals surface area contributed by atoms with Crippen LogP contribution in [0, 0.1) is 6.07 Å². The van der Waals surface area contributed by atoms with Gasteiger partial charge in [0.25, 0.3) is 0 Å². The van der Waals surface area contributed by atoms with Gasteiger partial charge in [-0.1, -0.05) is 69.3 Å². The van der Waals surface area contributed by atoms with Crippen LogP contribution >= 0.6 is 0 Å². The second-order valence-corrected chi connectivity index (χ2v) is 9.56. The average molecular weight is 650 g/mol. The van der Waals surface area contributed by atoms with Crippen molar-refractivity contribution in [2.75, 3.05) is 0 Å². The van der Waals surface area contributed by atoms with Gasteiger partial charge in [-0.25, -0.2) is 9.78 Å². The van der Waals surface area contributed by atoms with E-state index in [1.165, 1.54) is 45.5 Å². The van der Waals surface area contributed by atoms with Crippen molar-refractivity contribution in [1.82, 2.24) is 9.97 Å². The zero-order valence-electron chi connectivity index (χ0n) is 20.2. The zero-order valence-corrected chi connectivity index (χ0v) is 22.6. The van der Waals surface area contributed by atoms with E-state index in [1.807, 2.05) is 0 Å². The van der Waals surface area contributed by atoms with Crippen molar-refractivity contribution in [3.05, 3.63) is 108 Å². The van der Waals surface area contributed by atoms with Crippen molar-refractivity contribution in [2.45, 2.75) is 26.2 Å². The molecular weight excluding hydrogens is 625 g/mol. The minimum atomic E-state index is -0.990. The molecule has 0 bridgehead atoms. The number of hydrogen-bond donors (Lipinski definition) is 1. The number of carboxylic acids is 1. The van der Waals surface area contributed by atoms with E-state index in [0.717, 1.165) is 16.8 Å². The molecule has 5 aromatic rings. The van der Waals surface area contributed by atoms with Crippen LogP contribution in [-0.2, 0) is 25.5 Å². The molecule has 0 fully saturated rings. The van der Waals surface area contributed by atoms with Gasteiger partial charge in [-0.3, -0.25) is 4.98 Å². The van der Waals surface area contributed by atoms with Gasteiger partial charge in [0.05, 0.1) is 5.52 Å². The molecule has 0 unspecified atom stereocenters. The molecule has 1 N–H and O–H groups in total. The number of fused-ring (bicyclic) bond motifs is 3. The van der Waals surface area contributed by atoms with Crippen molar-refractivity contribution in [3.63, 3.8) is 0 Å². The van der Waals surface area contributed by atoms with Gasteiger partial charge in [0.15, 0.2) is 0 Å². The van der Waals surface area contributed by atoms with E-state index in [0.29, 0.717) is 0 Å². The smallest absolute Gasteiger partial charge is 0.354 e. The first-order valence-electron chi connectivity index (χ1n) is 11.5. The SMILES string of the molecule is CC(C)(C)c1c[c-]c(-c2cc3c4c(cccc4n2)-c2ccccc2-3)cc1.O=C(O)c1ccccn1.[Ir]. The molecule has 36 heavy (non-hydrogen) atoms. The molecule has 1 aliphatic rings.